The largest absolute Gasteiger partial charge is 0.397 e. The summed E-state index contributed by atoms with van der Waals surface area (Å²) in [6.07, 6.45) is 3.15. The Morgan fingerprint density at radius 1 is 0.967 bits per heavy atom. The molecule has 0 aliphatic heterocycles. The lowest BCUT2D eigenvalue weighted by Crippen LogP contribution is -2.12. The van der Waals surface area contributed by atoms with Gasteiger partial charge in [-0.25, -0.2) is 13.6 Å². The number of amides is 1. The molecule has 7 nitrogen and oxygen atoms in total. The topological polar surface area (TPSA) is 127 Å². The summed E-state index contributed by atoms with van der Waals surface area (Å²) in [5, 5.41) is 11.0. The second-order valence-corrected chi connectivity index (χ2v) is 8.14. The first-order valence-electron chi connectivity index (χ1n) is 9.10. The van der Waals surface area contributed by atoms with Crippen LogP contribution in [0, 0.1) is 0 Å². The molecular weight excluding hydrogens is 400 g/mol. The number of carbonyl (C=O) groups excluding carboxylic acids is 1. The molecular formula is C22H22N4O3S. The van der Waals surface area contributed by atoms with Crippen molar-refractivity contribution in [3.63, 3.8) is 0 Å². The molecule has 0 saturated carbocycles. The number of nitrogens with one attached hydrogen (secondary N) is 2. The molecule has 8 heteroatoms. The van der Waals surface area contributed by atoms with E-state index in [2.05, 4.69) is 10.6 Å². The Morgan fingerprint density at radius 3 is 2.40 bits per heavy atom. The molecule has 0 fully saturated rings. The van der Waals surface area contributed by atoms with Crippen LogP contribution in [0.1, 0.15) is 11.1 Å². The van der Waals surface area contributed by atoms with E-state index in [1.165, 1.54) is 18.2 Å². The summed E-state index contributed by atoms with van der Waals surface area (Å²) in [4.78, 5) is 12.1. The van der Waals surface area contributed by atoms with Crippen LogP contribution in [0.25, 0.3) is 6.08 Å². The van der Waals surface area contributed by atoms with Gasteiger partial charge in [0.15, 0.2) is 0 Å². The van der Waals surface area contributed by atoms with E-state index in [9.17, 15) is 13.2 Å². The first-order valence-corrected chi connectivity index (χ1v) is 10.7. The number of carbonyl (C=O) groups is 1. The number of hydrogen-bond acceptors (Lipinski definition) is 5. The SMILES string of the molecule is Nc1ccccc1NC(=O)/C=C/c1ccc(CNc2cccc(S(N)(=O)=O)c2)cc1. The third-order valence-electron chi connectivity index (χ3n) is 4.28. The van der Waals surface area contributed by atoms with Gasteiger partial charge in [0, 0.05) is 18.3 Å². The fraction of sp³-hybridized carbons (Fsp3) is 0.0455. The highest BCUT2D eigenvalue weighted by Crippen LogP contribution is 2.17. The molecule has 30 heavy (non-hydrogen) atoms. The van der Waals surface area contributed by atoms with E-state index < -0.39 is 10.0 Å². The molecule has 3 aromatic carbocycles. The molecule has 0 heterocycles. The zero-order valence-corrected chi connectivity index (χ0v) is 16.9. The van der Waals surface area contributed by atoms with Gasteiger partial charge in [0.2, 0.25) is 15.9 Å². The number of nitrogens with two attached hydrogens (primary N) is 2. The minimum atomic E-state index is -3.74. The molecule has 154 valence electrons. The average molecular weight is 423 g/mol. The minimum absolute atomic E-state index is 0.0588. The van der Waals surface area contributed by atoms with Gasteiger partial charge in [0.1, 0.15) is 0 Å². The van der Waals surface area contributed by atoms with Gasteiger partial charge in [-0.15, -0.1) is 0 Å². The molecule has 0 aliphatic rings. The number of rotatable bonds is 7. The van der Waals surface area contributed by atoms with E-state index >= 15 is 0 Å². The molecule has 0 aromatic heterocycles. The van der Waals surface area contributed by atoms with Crippen molar-refractivity contribution in [3.05, 3.63) is 90.0 Å². The van der Waals surface area contributed by atoms with Gasteiger partial charge in [0.05, 0.1) is 16.3 Å². The normalized spacial score (nSPS) is 11.4. The fourth-order valence-corrected chi connectivity index (χ4v) is 3.25. The second-order valence-electron chi connectivity index (χ2n) is 6.58. The minimum Gasteiger partial charge on any atom is -0.397 e. The summed E-state index contributed by atoms with van der Waals surface area (Å²) >= 11 is 0. The van der Waals surface area contributed by atoms with Crippen molar-refractivity contribution in [2.45, 2.75) is 11.4 Å². The van der Waals surface area contributed by atoms with E-state index in [0.717, 1.165) is 11.1 Å². The van der Waals surface area contributed by atoms with Gasteiger partial charge in [-0.1, -0.05) is 42.5 Å². The molecule has 0 spiro atoms. The predicted molar refractivity (Wildman–Crippen MR) is 120 cm³/mol. The Balaban J connectivity index is 1.57. The van der Waals surface area contributed by atoms with Crippen LogP contribution in [0.3, 0.4) is 0 Å². The second kappa shape index (κ2) is 9.25. The summed E-state index contributed by atoms with van der Waals surface area (Å²) in [5.74, 6) is -0.270. The highest BCUT2D eigenvalue weighted by molar-refractivity contribution is 7.89. The highest BCUT2D eigenvalue weighted by Gasteiger charge is 2.07. The summed E-state index contributed by atoms with van der Waals surface area (Å²) in [6.45, 7) is 0.506. The van der Waals surface area contributed by atoms with Gasteiger partial charge < -0.3 is 16.4 Å². The maximum Gasteiger partial charge on any atom is 0.248 e. The standard InChI is InChI=1S/C22H22N4O3S/c23-20-6-1-2-7-21(20)26-22(27)13-12-16-8-10-17(11-9-16)15-25-18-4-3-5-19(14-18)30(24,28)29/h1-14,25H,15,23H2,(H,26,27)(H2,24,28,29)/b13-12+. The van der Waals surface area contributed by atoms with E-state index in [4.69, 9.17) is 10.9 Å². The first kappa shape index (κ1) is 21.1. The van der Waals surface area contributed by atoms with Gasteiger partial charge in [-0.3, -0.25) is 4.79 Å². The molecule has 0 unspecified atom stereocenters. The summed E-state index contributed by atoms with van der Waals surface area (Å²) in [5.41, 5.74) is 9.40. The third-order valence-corrected chi connectivity index (χ3v) is 5.20. The summed E-state index contributed by atoms with van der Waals surface area (Å²) < 4.78 is 22.9. The average Bonchev–Trinajstić information content (AvgIpc) is 2.73. The van der Waals surface area contributed by atoms with E-state index in [1.807, 2.05) is 24.3 Å². The lowest BCUT2D eigenvalue weighted by atomic mass is 10.1. The van der Waals surface area contributed by atoms with Crippen LogP contribution in [0.4, 0.5) is 17.1 Å². The monoisotopic (exact) mass is 422 g/mol. The summed E-state index contributed by atoms with van der Waals surface area (Å²) in [6, 6.07) is 21.0. The van der Waals surface area contributed by atoms with Crippen molar-refractivity contribution < 1.29 is 13.2 Å². The predicted octanol–water partition coefficient (Wildman–Crippen LogP) is 3.18. The quantitative estimate of drug-likeness (QED) is 0.343. The maximum atomic E-state index is 12.0. The zero-order chi connectivity index (χ0) is 21.6. The number of primary sulfonamides is 1. The Bertz CT molecular complexity index is 1170. The number of hydrogen-bond donors (Lipinski definition) is 4. The molecule has 3 rings (SSSR count). The van der Waals surface area contributed by atoms with Crippen LogP contribution in [0.2, 0.25) is 0 Å². The molecule has 3 aromatic rings. The first-order chi connectivity index (χ1) is 14.3. The van der Waals surface area contributed by atoms with Gasteiger partial charge in [-0.05, 0) is 47.5 Å². The van der Waals surface area contributed by atoms with E-state index in [0.29, 0.717) is 23.6 Å². The van der Waals surface area contributed by atoms with Crippen molar-refractivity contribution in [1.29, 1.82) is 0 Å². The van der Waals surface area contributed by atoms with Crippen LogP contribution in [0.15, 0.2) is 83.8 Å². The lowest BCUT2D eigenvalue weighted by Gasteiger charge is -2.08. The van der Waals surface area contributed by atoms with Gasteiger partial charge in [0.25, 0.3) is 0 Å². The zero-order valence-electron chi connectivity index (χ0n) is 16.1. The molecule has 0 radical (unpaired) electrons. The fourth-order valence-electron chi connectivity index (χ4n) is 2.69. The lowest BCUT2D eigenvalue weighted by molar-refractivity contribution is -0.111. The highest BCUT2D eigenvalue weighted by atomic mass is 32.2. The van der Waals surface area contributed by atoms with E-state index in [-0.39, 0.29) is 10.8 Å². The van der Waals surface area contributed by atoms with Gasteiger partial charge >= 0.3 is 0 Å². The van der Waals surface area contributed by atoms with Crippen molar-refractivity contribution in [2.75, 3.05) is 16.4 Å². The van der Waals surface area contributed by atoms with Crippen molar-refractivity contribution in [3.8, 4) is 0 Å². The smallest absolute Gasteiger partial charge is 0.248 e. The third kappa shape index (κ3) is 5.94. The Labute approximate surface area is 175 Å². The Hall–Kier alpha value is -3.62. The van der Waals surface area contributed by atoms with Crippen molar-refractivity contribution in [1.82, 2.24) is 0 Å². The Kier molecular flexibility index (Phi) is 6.51. The van der Waals surface area contributed by atoms with Crippen LogP contribution in [0.5, 0.6) is 0 Å². The molecule has 0 bridgehead atoms. The number of para-hydroxylation sites is 2. The number of sulfonamides is 1. The number of anilines is 3. The van der Waals surface area contributed by atoms with Crippen molar-refractivity contribution in [2.24, 2.45) is 5.14 Å². The molecule has 0 aliphatic carbocycles. The number of benzene rings is 3. The van der Waals surface area contributed by atoms with E-state index in [1.54, 1.807) is 42.5 Å². The van der Waals surface area contributed by atoms with Crippen LogP contribution >= 0.6 is 0 Å². The van der Waals surface area contributed by atoms with Crippen LogP contribution in [-0.4, -0.2) is 14.3 Å². The molecule has 0 atom stereocenters. The molecule has 6 N–H and O–H groups in total. The van der Waals surface area contributed by atoms with Crippen molar-refractivity contribution >= 4 is 39.1 Å². The summed E-state index contributed by atoms with van der Waals surface area (Å²) in [7, 11) is -3.74. The van der Waals surface area contributed by atoms with Crippen LogP contribution in [-0.2, 0) is 21.4 Å². The van der Waals surface area contributed by atoms with Gasteiger partial charge in [-0.2, -0.15) is 0 Å². The molecule has 0 saturated heterocycles. The Morgan fingerprint density at radius 2 is 1.70 bits per heavy atom. The molecule has 1 amide bonds. The number of nitrogen functional groups attached to an aromatic ring is 1. The van der Waals surface area contributed by atoms with Crippen LogP contribution < -0.4 is 21.5 Å². The maximum absolute atomic E-state index is 12.0.